The molecule has 0 bridgehead atoms. The van der Waals surface area contributed by atoms with Gasteiger partial charge in [0.15, 0.2) is 0 Å². The first-order chi connectivity index (χ1) is 15.7. The molecule has 0 spiro atoms. The predicted octanol–water partition coefficient (Wildman–Crippen LogP) is 4.04. The van der Waals surface area contributed by atoms with E-state index in [0.717, 1.165) is 17.7 Å². The van der Waals surface area contributed by atoms with Crippen LogP contribution in [-0.4, -0.2) is 17.9 Å². The van der Waals surface area contributed by atoms with Crippen molar-refractivity contribution < 1.29 is 27.5 Å². The van der Waals surface area contributed by atoms with E-state index in [9.17, 15) is 22.8 Å². The highest BCUT2D eigenvalue weighted by Crippen LogP contribution is 2.29. The molecule has 0 aliphatic carbocycles. The second kappa shape index (κ2) is 10.7. The Morgan fingerprint density at radius 1 is 0.879 bits per heavy atom. The molecular formula is C25H23F3N2O3. The first-order valence-corrected chi connectivity index (χ1v) is 10.2. The zero-order valence-corrected chi connectivity index (χ0v) is 17.6. The number of hydrogen-bond acceptors (Lipinski definition) is 3. The SMILES string of the molecule is NC(=O)[C@@H](Cc1cccc(OCc2ccccc2)c1)NC(=O)Cc1cccc(C(F)(F)F)c1. The van der Waals surface area contributed by atoms with E-state index in [0.29, 0.717) is 17.9 Å². The van der Waals surface area contributed by atoms with E-state index in [1.54, 1.807) is 24.3 Å². The number of benzene rings is 3. The topological polar surface area (TPSA) is 81.4 Å². The maximum Gasteiger partial charge on any atom is 0.416 e. The highest BCUT2D eigenvalue weighted by atomic mass is 19.4. The van der Waals surface area contributed by atoms with Gasteiger partial charge < -0.3 is 15.8 Å². The molecule has 0 aliphatic heterocycles. The summed E-state index contributed by atoms with van der Waals surface area (Å²) in [4.78, 5) is 24.3. The summed E-state index contributed by atoms with van der Waals surface area (Å²) < 4.78 is 44.4. The van der Waals surface area contributed by atoms with E-state index < -0.39 is 29.6 Å². The van der Waals surface area contributed by atoms with Gasteiger partial charge in [-0.15, -0.1) is 0 Å². The van der Waals surface area contributed by atoms with E-state index in [4.69, 9.17) is 10.5 Å². The number of hydrogen-bond donors (Lipinski definition) is 2. The van der Waals surface area contributed by atoms with Crippen LogP contribution in [0.25, 0.3) is 0 Å². The highest BCUT2D eigenvalue weighted by Gasteiger charge is 2.30. The highest BCUT2D eigenvalue weighted by molar-refractivity contribution is 5.87. The van der Waals surface area contributed by atoms with Crippen molar-refractivity contribution in [1.29, 1.82) is 0 Å². The van der Waals surface area contributed by atoms with E-state index in [-0.39, 0.29) is 18.4 Å². The summed E-state index contributed by atoms with van der Waals surface area (Å²) in [6.45, 7) is 0.372. The molecule has 3 N–H and O–H groups in total. The largest absolute Gasteiger partial charge is 0.489 e. The third kappa shape index (κ3) is 7.38. The number of rotatable bonds is 9. The fourth-order valence-corrected chi connectivity index (χ4v) is 3.25. The number of nitrogens with two attached hydrogens (primary N) is 1. The molecule has 8 heteroatoms. The fraction of sp³-hybridized carbons (Fsp3) is 0.200. The second-order valence-corrected chi connectivity index (χ2v) is 7.52. The summed E-state index contributed by atoms with van der Waals surface area (Å²) in [5.41, 5.74) is 6.50. The minimum atomic E-state index is -4.50. The summed E-state index contributed by atoms with van der Waals surface area (Å²) >= 11 is 0. The second-order valence-electron chi connectivity index (χ2n) is 7.52. The molecule has 2 amide bonds. The van der Waals surface area contributed by atoms with Gasteiger partial charge in [0.05, 0.1) is 12.0 Å². The Hall–Kier alpha value is -3.81. The molecule has 0 fully saturated rings. The molecule has 0 radical (unpaired) electrons. The van der Waals surface area contributed by atoms with Gasteiger partial charge >= 0.3 is 6.18 Å². The molecule has 0 aromatic heterocycles. The molecule has 1 atom stereocenters. The van der Waals surface area contributed by atoms with Crippen LogP contribution >= 0.6 is 0 Å². The van der Waals surface area contributed by atoms with Gasteiger partial charge in [-0.25, -0.2) is 0 Å². The molecule has 0 saturated carbocycles. The van der Waals surface area contributed by atoms with Crippen molar-refractivity contribution in [3.8, 4) is 5.75 Å². The van der Waals surface area contributed by atoms with E-state index in [2.05, 4.69) is 5.32 Å². The lowest BCUT2D eigenvalue weighted by atomic mass is 10.0. The minimum absolute atomic E-state index is 0.117. The van der Waals surface area contributed by atoms with Crippen molar-refractivity contribution in [2.24, 2.45) is 5.73 Å². The lowest BCUT2D eigenvalue weighted by Crippen LogP contribution is -2.46. The number of amides is 2. The molecule has 33 heavy (non-hydrogen) atoms. The molecule has 0 saturated heterocycles. The van der Waals surface area contributed by atoms with Crippen molar-refractivity contribution >= 4 is 11.8 Å². The normalized spacial score (nSPS) is 12.1. The van der Waals surface area contributed by atoms with Crippen LogP contribution in [0.3, 0.4) is 0 Å². The summed E-state index contributed by atoms with van der Waals surface area (Å²) in [7, 11) is 0. The fourth-order valence-electron chi connectivity index (χ4n) is 3.25. The van der Waals surface area contributed by atoms with Gasteiger partial charge in [-0.05, 0) is 34.9 Å². The standard InChI is InChI=1S/C25H23F3N2O3/c26-25(27,28)20-10-4-8-18(12-20)15-23(31)30-22(24(29)32)14-19-9-5-11-21(13-19)33-16-17-6-2-1-3-7-17/h1-13,22H,14-16H2,(H2,29,32)(H,30,31)/t22-/m1/s1. The molecular weight excluding hydrogens is 433 g/mol. The third-order valence-electron chi connectivity index (χ3n) is 4.88. The third-order valence-corrected chi connectivity index (χ3v) is 4.88. The van der Waals surface area contributed by atoms with Gasteiger partial charge in [0.2, 0.25) is 11.8 Å². The molecule has 172 valence electrons. The number of halogens is 3. The average Bonchev–Trinajstić information content (AvgIpc) is 2.78. The number of carbonyl (C=O) groups is 2. The van der Waals surface area contributed by atoms with Crippen molar-refractivity contribution in [2.75, 3.05) is 0 Å². The van der Waals surface area contributed by atoms with E-state index >= 15 is 0 Å². The minimum Gasteiger partial charge on any atom is -0.489 e. The summed E-state index contributed by atoms with van der Waals surface area (Å²) in [6, 6.07) is 20.1. The first-order valence-electron chi connectivity index (χ1n) is 10.2. The van der Waals surface area contributed by atoms with Crippen LogP contribution in [0, 0.1) is 0 Å². The van der Waals surface area contributed by atoms with Gasteiger partial charge in [0, 0.05) is 6.42 Å². The van der Waals surface area contributed by atoms with Crippen LogP contribution in [0.1, 0.15) is 22.3 Å². The van der Waals surface area contributed by atoms with Crippen molar-refractivity contribution in [2.45, 2.75) is 31.7 Å². The van der Waals surface area contributed by atoms with E-state index in [1.165, 1.54) is 12.1 Å². The summed E-state index contributed by atoms with van der Waals surface area (Å²) in [5.74, 6) is -0.757. The van der Waals surface area contributed by atoms with Crippen LogP contribution in [0.5, 0.6) is 5.75 Å². The molecule has 5 nitrogen and oxygen atoms in total. The zero-order chi connectivity index (χ0) is 23.8. The van der Waals surface area contributed by atoms with Crippen molar-refractivity contribution in [3.63, 3.8) is 0 Å². The molecule has 3 rings (SSSR count). The Morgan fingerprint density at radius 3 is 2.24 bits per heavy atom. The molecule has 0 heterocycles. The Kier molecular flexibility index (Phi) is 7.71. The van der Waals surface area contributed by atoms with Gasteiger partial charge in [-0.3, -0.25) is 9.59 Å². The van der Waals surface area contributed by atoms with Crippen LogP contribution in [0.2, 0.25) is 0 Å². The Balaban J connectivity index is 1.61. The smallest absolute Gasteiger partial charge is 0.416 e. The molecule has 0 aliphatic rings. The lowest BCUT2D eigenvalue weighted by molar-refractivity contribution is -0.137. The van der Waals surface area contributed by atoms with Crippen LogP contribution in [0.15, 0.2) is 78.9 Å². The van der Waals surface area contributed by atoms with Gasteiger partial charge in [-0.2, -0.15) is 13.2 Å². The number of alkyl halides is 3. The van der Waals surface area contributed by atoms with Crippen LogP contribution < -0.4 is 15.8 Å². The molecule has 3 aromatic carbocycles. The summed E-state index contributed by atoms with van der Waals surface area (Å²) in [6.07, 6.45) is -4.70. The molecule has 0 unspecified atom stereocenters. The Labute approximate surface area is 189 Å². The Bertz CT molecular complexity index is 1100. The first kappa shape index (κ1) is 23.8. The average molecular weight is 456 g/mol. The van der Waals surface area contributed by atoms with Crippen LogP contribution in [-0.2, 0) is 35.2 Å². The van der Waals surface area contributed by atoms with Gasteiger partial charge in [-0.1, -0.05) is 60.7 Å². The van der Waals surface area contributed by atoms with Crippen molar-refractivity contribution in [1.82, 2.24) is 5.32 Å². The number of primary amides is 1. The monoisotopic (exact) mass is 456 g/mol. The van der Waals surface area contributed by atoms with Crippen LogP contribution in [0.4, 0.5) is 13.2 Å². The quantitative estimate of drug-likeness (QED) is 0.510. The number of ether oxygens (including phenoxy) is 1. The number of nitrogens with one attached hydrogen (secondary N) is 1. The summed E-state index contributed by atoms with van der Waals surface area (Å²) in [5, 5.41) is 2.51. The lowest BCUT2D eigenvalue weighted by Gasteiger charge is -2.17. The van der Waals surface area contributed by atoms with Crippen molar-refractivity contribution in [3.05, 3.63) is 101 Å². The molecule has 3 aromatic rings. The predicted molar refractivity (Wildman–Crippen MR) is 117 cm³/mol. The number of carbonyl (C=O) groups excluding carboxylic acids is 2. The maximum atomic E-state index is 12.9. The van der Waals surface area contributed by atoms with Gasteiger partial charge in [0.25, 0.3) is 0 Å². The van der Waals surface area contributed by atoms with Gasteiger partial charge in [0.1, 0.15) is 18.4 Å². The zero-order valence-electron chi connectivity index (χ0n) is 17.6. The Morgan fingerprint density at radius 2 is 1.55 bits per heavy atom. The maximum absolute atomic E-state index is 12.9. The van der Waals surface area contributed by atoms with E-state index in [1.807, 2.05) is 30.3 Å².